The van der Waals surface area contributed by atoms with Gasteiger partial charge >= 0.3 is 6.03 Å². The molecule has 0 radical (unpaired) electrons. The van der Waals surface area contributed by atoms with Gasteiger partial charge in [-0.15, -0.1) is 0 Å². The Kier molecular flexibility index (Phi) is 9.16. The molecule has 3 unspecified atom stereocenters. The summed E-state index contributed by atoms with van der Waals surface area (Å²) >= 11 is 6.30. The SMILES string of the molecule is CCC1C/C=C/CNC(=O)NS(=O)c2ccc3c(c2)N(CC1)CC1(CCc2cc(Cl)ccc21)CO3.CO. The zero-order chi connectivity index (χ0) is 26.4. The molecule has 2 bridgehead atoms. The number of aliphatic hydroxyl groups excluding tert-OH is 1. The van der Waals surface area contributed by atoms with E-state index in [4.69, 9.17) is 21.4 Å². The highest BCUT2D eigenvalue weighted by Gasteiger charge is 2.43. The Morgan fingerprint density at radius 2 is 2.05 bits per heavy atom. The first-order chi connectivity index (χ1) is 18.0. The van der Waals surface area contributed by atoms with Crippen molar-refractivity contribution in [3.63, 3.8) is 0 Å². The Labute approximate surface area is 226 Å². The van der Waals surface area contributed by atoms with Crippen LogP contribution in [0.1, 0.15) is 43.7 Å². The van der Waals surface area contributed by atoms with Gasteiger partial charge in [-0.05, 0) is 73.1 Å². The quantitative estimate of drug-likeness (QED) is 0.451. The van der Waals surface area contributed by atoms with Gasteiger partial charge in [0.15, 0.2) is 11.0 Å². The van der Waals surface area contributed by atoms with E-state index >= 15 is 0 Å². The van der Waals surface area contributed by atoms with Crippen molar-refractivity contribution in [2.24, 2.45) is 5.92 Å². The van der Waals surface area contributed by atoms with Crippen LogP contribution in [0, 0.1) is 5.92 Å². The summed E-state index contributed by atoms with van der Waals surface area (Å²) in [7, 11) is -0.667. The lowest BCUT2D eigenvalue weighted by atomic mass is 9.82. The van der Waals surface area contributed by atoms with Gasteiger partial charge in [0.05, 0.1) is 17.2 Å². The van der Waals surface area contributed by atoms with Crippen LogP contribution in [0.5, 0.6) is 5.75 Å². The molecule has 2 amide bonds. The van der Waals surface area contributed by atoms with Crippen molar-refractivity contribution in [2.45, 2.75) is 49.3 Å². The van der Waals surface area contributed by atoms with Crippen LogP contribution in [0.2, 0.25) is 5.02 Å². The van der Waals surface area contributed by atoms with Gasteiger partial charge in [-0.3, -0.25) is 4.72 Å². The third-order valence-electron chi connectivity index (χ3n) is 7.58. The Morgan fingerprint density at radius 1 is 1.22 bits per heavy atom. The number of hydrogen-bond acceptors (Lipinski definition) is 5. The first-order valence-electron chi connectivity index (χ1n) is 12.8. The summed E-state index contributed by atoms with van der Waals surface area (Å²) in [5.74, 6) is 1.34. The lowest BCUT2D eigenvalue weighted by Gasteiger charge is -2.34. The number of carbonyl (C=O) groups is 1. The number of rotatable bonds is 1. The third-order valence-corrected chi connectivity index (χ3v) is 8.87. The molecule has 0 fully saturated rings. The van der Waals surface area contributed by atoms with Crippen LogP contribution < -0.4 is 19.7 Å². The number of ether oxygens (including phenoxy) is 1. The summed E-state index contributed by atoms with van der Waals surface area (Å²) in [5.41, 5.74) is 3.44. The van der Waals surface area contributed by atoms with Gasteiger partial charge < -0.3 is 20.1 Å². The predicted molar refractivity (Wildman–Crippen MR) is 149 cm³/mol. The molecule has 3 atom stereocenters. The van der Waals surface area contributed by atoms with Gasteiger partial charge in [0.2, 0.25) is 0 Å². The number of nitrogens with zero attached hydrogens (tertiary/aromatic N) is 1. The molecule has 2 aromatic rings. The Bertz CT molecular complexity index is 1170. The number of halogens is 1. The number of hydrogen-bond donors (Lipinski definition) is 3. The van der Waals surface area contributed by atoms with Gasteiger partial charge in [0, 0.05) is 37.2 Å². The number of fused-ring (bicyclic) bond motifs is 3. The fourth-order valence-corrected chi connectivity index (χ4v) is 6.50. The van der Waals surface area contributed by atoms with E-state index in [1.807, 2.05) is 24.3 Å². The molecule has 2 aromatic carbocycles. The van der Waals surface area contributed by atoms with Gasteiger partial charge in [-0.1, -0.05) is 43.2 Å². The topological polar surface area (TPSA) is 90.9 Å². The molecular formula is C28H36ClN3O4S. The summed E-state index contributed by atoms with van der Waals surface area (Å²) in [6.07, 6.45) is 9.20. The Morgan fingerprint density at radius 3 is 2.86 bits per heavy atom. The van der Waals surface area contributed by atoms with Crippen molar-refractivity contribution in [3.8, 4) is 5.75 Å². The molecule has 3 N–H and O–H groups in total. The standard InChI is InChI=1S/C27H32ClN3O3S.CH4O/c1-2-19-5-3-4-13-29-26(32)30-35(33)22-7-9-25-24(16-22)31(14-11-19)17-27(18-34-25)12-10-20-15-21(28)6-8-23(20)27;1-2/h3-4,6-9,15-16,19H,2,5,10-14,17-18H2,1H3,(H2,29,30,32);2H,1H3/b4-3+;. The highest BCUT2D eigenvalue weighted by Crippen LogP contribution is 2.45. The van der Waals surface area contributed by atoms with E-state index in [-0.39, 0.29) is 5.41 Å². The molecule has 1 spiro atoms. The summed E-state index contributed by atoms with van der Waals surface area (Å²) < 4.78 is 21.9. The number of allylic oxidation sites excluding steroid dienone is 1. The molecular weight excluding hydrogens is 510 g/mol. The lowest BCUT2D eigenvalue weighted by molar-refractivity contribution is 0.226. The van der Waals surface area contributed by atoms with Crippen molar-refractivity contribution >= 4 is 34.3 Å². The summed E-state index contributed by atoms with van der Waals surface area (Å²) in [6.45, 7) is 4.94. The summed E-state index contributed by atoms with van der Waals surface area (Å²) in [5, 5.41) is 10.5. The van der Waals surface area contributed by atoms with Crippen LogP contribution in [0.15, 0.2) is 53.4 Å². The number of benzene rings is 2. The van der Waals surface area contributed by atoms with Crippen molar-refractivity contribution < 1.29 is 18.8 Å². The number of anilines is 1. The van der Waals surface area contributed by atoms with Gasteiger partial charge in [0.1, 0.15) is 5.75 Å². The van der Waals surface area contributed by atoms with E-state index in [2.05, 4.69) is 40.1 Å². The minimum absolute atomic E-state index is 0.124. The fraction of sp³-hybridized carbons (Fsp3) is 0.464. The van der Waals surface area contributed by atoms with Crippen molar-refractivity contribution in [1.82, 2.24) is 10.0 Å². The van der Waals surface area contributed by atoms with Gasteiger partial charge in [0.25, 0.3) is 0 Å². The molecule has 0 saturated heterocycles. The Balaban J connectivity index is 0.00000156. The van der Waals surface area contributed by atoms with Crippen LogP contribution in [-0.2, 0) is 22.8 Å². The maximum Gasteiger partial charge on any atom is 0.327 e. The number of carbonyl (C=O) groups excluding carboxylic acids is 1. The smallest absolute Gasteiger partial charge is 0.327 e. The molecule has 2 heterocycles. The summed E-state index contributed by atoms with van der Waals surface area (Å²) in [6, 6.07) is 11.4. The lowest BCUT2D eigenvalue weighted by Crippen LogP contribution is -2.42. The molecule has 37 heavy (non-hydrogen) atoms. The zero-order valence-electron chi connectivity index (χ0n) is 21.5. The summed E-state index contributed by atoms with van der Waals surface area (Å²) in [4.78, 5) is 15.2. The van der Waals surface area contributed by atoms with E-state index in [9.17, 15) is 9.00 Å². The van der Waals surface area contributed by atoms with E-state index in [0.717, 1.165) is 68.8 Å². The van der Waals surface area contributed by atoms with E-state index in [1.54, 1.807) is 6.07 Å². The van der Waals surface area contributed by atoms with Crippen molar-refractivity contribution in [1.29, 1.82) is 0 Å². The Hall–Kier alpha value is -2.55. The minimum Gasteiger partial charge on any atom is -0.490 e. The number of aliphatic hydroxyl groups is 1. The van der Waals surface area contributed by atoms with E-state index < -0.39 is 17.0 Å². The zero-order valence-corrected chi connectivity index (χ0v) is 23.0. The average Bonchev–Trinajstić information content (AvgIpc) is 3.16. The second-order valence-electron chi connectivity index (χ2n) is 9.77. The van der Waals surface area contributed by atoms with Crippen LogP contribution >= 0.6 is 11.6 Å². The molecule has 5 rings (SSSR count). The van der Waals surface area contributed by atoms with Crippen LogP contribution in [0.25, 0.3) is 0 Å². The van der Waals surface area contributed by atoms with Crippen LogP contribution in [-0.4, -0.2) is 48.7 Å². The first-order valence-corrected chi connectivity index (χ1v) is 14.4. The first kappa shape index (κ1) is 27.5. The molecule has 2 aliphatic heterocycles. The fourth-order valence-electron chi connectivity index (χ4n) is 5.53. The molecule has 0 aromatic heterocycles. The molecule has 3 aliphatic rings. The van der Waals surface area contributed by atoms with Crippen LogP contribution in [0.4, 0.5) is 10.5 Å². The average molecular weight is 546 g/mol. The van der Waals surface area contributed by atoms with Crippen LogP contribution in [0.3, 0.4) is 0 Å². The molecule has 200 valence electrons. The second kappa shape index (κ2) is 12.3. The van der Waals surface area contributed by atoms with Crippen molar-refractivity contribution in [3.05, 3.63) is 64.7 Å². The largest absolute Gasteiger partial charge is 0.490 e. The second-order valence-corrected chi connectivity index (χ2v) is 11.4. The molecule has 9 heteroatoms. The van der Waals surface area contributed by atoms with E-state index in [1.165, 1.54) is 11.1 Å². The third kappa shape index (κ3) is 6.13. The maximum absolute atomic E-state index is 12.9. The maximum atomic E-state index is 12.9. The number of amides is 2. The number of aryl methyl sites for hydroxylation is 1. The van der Waals surface area contributed by atoms with Gasteiger partial charge in [-0.2, -0.15) is 0 Å². The normalized spacial score (nSPS) is 26.2. The predicted octanol–water partition coefficient (Wildman–Crippen LogP) is 4.73. The number of urea groups is 1. The molecule has 7 nitrogen and oxygen atoms in total. The van der Waals surface area contributed by atoms with E-state index in [0.29, 0.717) is 24.0 Å². The highest BCUT2D eigenvalue weighted by atomic mass is 35.5. The number of nitrogens with one attached hydrogen (secondary N) is 2. The molecule has 0 saturated carbocycles. The monoisotopic (exact) mass is 545 g/mol. The highest BCUT2D eigenvalue weighted by molar-refractivity contribution is 7.83. The van der Waals surface area contributed by atoms with Gasteiger partial charge in [-0.25, -0.2) is 9.00 Å². The van der Waals surface area contributed by atoms with Crippen molar-refractivity contribution in [2.75, 3.05) is 38.3 Å². The minimum atomic E-state index is -1.67. The molecule has 1 aliphatic carbocycles.